The Hall–Kier alpha value is 0. The summed E-state index contributed by atoms with van der Waals surface area (Å²) < 4.78 is 0. The predicted molar refractivity (Wildman–Crippen MR) is 92.4 cm³/mol. The lowest BCUT2D eigenvalue weighted by Gasteiger charge is -2.45. The monoisotopic (exact) mass is 290 g/mol. The first-order chi connectivity index (χ1) is 10.3. The van der Waals surface area contributed by atoms with Crippen LogP contribution in [0.1, 0.15) is 110 Å². The molecule has 0 unspecified atom stereocenters. The quantitative estimate of drug-likeness (QED) is 0.517. The molecule has 3 rings (SSSR count). The number of rotatable bonds is 4. The molecule has 122 valence electrons. The Morgan fingerprint density at radius 1 is 0.619 bits per heavy atom. The van der Waals surface area contributed by atoms with Gasteiger partial charge in [-0.3, -0.25) is 0 Å². The van der Waals surface area contributed by atoms with Crippen LogP contribution >= 0.6 is 0 Å². The van der Waals surface area contributed by atoms with Crippen molar-refractivity contribution in [1.82, 2.24) is 0 Å². The van der Waals surface area contributed by atoms with Gasteiger partial charge in [-0.15, -0.1) is 0 Å². The molecule has 0 aromatic rings. The van der Waals surface area contributed by atoms with Gasteiger partial charge in [-0.25, -0.2) is 0 Å². The van der Waals surface area contributed by atoms with E-state index >= 15 is 0 Å². The Morgan fingerprint density at radius 2 is 1.05 bits per heavy atom. The summed E-state index contributed by atoms with van der Waals surface area (Å²) in [6, 6.07) is 0. The second-order valence-corrected chi connectivity index (χ2v) is 9.10. The number of hydrogen-bond donors (Lipinski definition) is 0. The predicted octanol–water partition coefficient (Wildman–Crippen LogP) is 7.12. The third-order valence-electron chi connectivity index (χ3n) is 7.23. The van der Waals surface area contributed by atoms with E-state index in [0.717, 1.165) is 23.2 Å². The summed E-state index contributed by atoms with van der Waals surface area (Å²) in [5.74, 6) is 3.20. The first-order valence-electron chi connectivity index (χ1n) is 10.3. The third-order valence-corrected chi connectivity index (χ3v) is 7.23. The van der Waals surface area contributed by atoms with E-state index < -0.39 is 0 Å². The maximum Gasteiger partial charge on any atom is -0.0292 e. The summed E-state index contributed by atoms with van der Waals surface area (Å²) in [5.41, 5.74) is 0.774. The second-order valence-electron chi connectivity index (χ2n) is 9.10. The van der Waals surface area contributed by atoms with Crippen LogP contribution in [0.5, 0.6) is 0 Å². The van der Waals surface area contributed by atoms with E-state index in [0.29, 0.717) is 0 Å². The molecule has 0 heteroatoms. The minimum Gasteiger partial charge on any atom is -0.0625 e. The van der Waals surface area contributed by atoms with Crippen molar-refractivity contribution in [3.63, 3.8) is 0 Å². The highest BCUT2D eigenvalue weighted by Crippen LogP contribution is 2.51. The summed E-state index contributed by atoms with van der Waals surface area (Å²) in [4.78, 5) is 0. The lowest BCUT2D eigenvalue weighted by Crippen LogP contribution is -2.32. The molecule has 3 aliphatic rings. The summed E-state index contributed by atoms with van der Waals surface area (Å²) in [7, 11) is 0. The molecule has 3 aliphatic carbocycles. The van der Waals surface area contributed by atoms with Crippen LogP contribution in [0.2, 0.25) is 0 Å². The molecule has 0 aromatic carbocycles. The number of hydrogen-bond acceptors (Lipinski definition) is 0. The second kappa shape index (κ2) is 7.51. The molecular formula is C21H38. The maximum absolute atomic E-state index is 2.49. The summed E-state index contributed by atoms with van der Waals surface area (Å²) in [6.45, 7) is 2.49. The third kappa shape index (κ3) is 4.49. The zero-order chi connectivity index (χ0) is 14.5. The summed E-state index contributed by atoms with van der Waals surface area (Å²) >= 11 is 0. The molecule has 0 atom stereocenters. The highest BCUT2D eigenvalue weighted by molar-refractivity contribution is 4.89. The van der Waals surface area contributed by atoms with Crippen LogP contribution in [-0.2, 0) is 0 Å². The van der Waals surface area contributed by atoms with Gasteiger partial charge in [0.1, 0.15) is 0 Å². The van der Waals surface area contributed by atoms with E-state index in [1.807, 2.05) is 0 Å². The SMILES string of the molecule is CC1CCC(CC2CCCCC2)(CC2CCCCC2)CC1. The van der Waals surface area contributed by atoms with Crippen LogP contribution in [0.4, 0.5) is 0 Å². The normalized spacial score (nSPS) is 29.6. The van der Waals surface area contributed by atoms with Gasteiger partial charge in [0.2, 0.25) is 0 Å². The fourth-order valence-corrected chi connectivity index (χ4v) is 5.87. The molecule has 0 amide bonds. The van der Waals surface area contributed by atoms with Crippen molar-refractivity contribution in [2.45, 2.75) is 110 Å². The van der Waals surface area contributed by atoms with Crippen LogP contribution in [0.25, 0.3) is 0 Å². The van der Waals surface area contributed by atoms with Crippen molar-refractivity contribution in [3.8, 4) is 0 Å². The van der Waals surface area contributed by atoms with E-state index in [9.17, 15) is 0 Å². The standard InChI is InChI=1S/C21H38/c1-18-12-14-21(15-13-18,16-19-8-4-2-5-9-19)17-20-10-6-3-7-11-20/h18-20H,2-17H2,1H3. The van der Waals surface area contributed by atoms with Crippen LogP contribution in [0.15, 0.2) is 0 Å². The fraction of sp³-hybridized carbons (Fsp3) is 1.00. The van der Waals surface area contributed by atoms with Gasteiger partial charge in [0.05, 0.1) is 0 Å². The average molecular weight is 291 g/mol. The van der Waals surface area contributed by atoms with Gasteiger partial charge in [-0.1, -0.05) is 84.0 Å². The topological polar surface area (TPSA) is 0 Å². The molecule has 0 bridgehead atoms. The molecule has 0 spiro atoms. The molecule has 21 heavy (non-hydrogen) atoms. The van der Waals surface area contributed by atoms with E-state index in [-0.39, 0.29) is 0 Å². The van der Waals surface area contributed by atoms with Gasteiger partial charge in [0.15, 0.2) is 0 Å². The molecule has 0 heterocycles. The van der Waals surface area contributed by atoms with Crippen molar-refractivity contribution in [3.05, 3.63) is 0 Å². The van der Waals surface area contributed by atoms with E-state index in [1.54, 1.807) is 51.4 Å². The van der Waals surface area contributed by atoms with Gasteiger partial charge in [-0.2, -0.15) is 0 Å². The van der Waals surface area contributed by atoms with Crippen molar-refractivity contribution >= 4 is 0 Å². The van der Waals surface area contributed by atoms with Gasteiger partial charge in [0.25, 0.3) is 0 Å². The lowest BCUT2D eigenvalue weighted by molar-refractivity contribution is 0.0668. The molecule has 0 aromatic heterocycles. The Kier molecular flexibility index (Phi) is 5.68. The Morgan fingerprint density at radius 3 is 1.48 bits per heavy atom. The van der Waals surface area contributed by atoms with Crippen molar-refractivity contribution in [2.24, 2.45) is 23.2 Å². The maximum atomic E-state index is 2.49. The van der Waals surface area contributed by atoms with Crippen molar-refractivity contribution in [2.75, 3.05) is 0 Å². The minimum absolute atomic E-state index is 0.774. The molecule has 0 nitrogen and oxygen atoms in total. The highest BCUT2D eigenvalue weighted by Gasteiger charge is 2.38. The van der Waals surface area contributed by atoms with Gasteiger partial charge in [-0.05, 0) is 48.9 Å². The van der Waals surface area contributed by atoms with Gasteiger partial charge < -0.3 is 0 Å². The molecule has 0 N–H and O–H groups in total. The molecule has 0 radical (unpaired) electrons. The van der Waals surface area contributed by atoms with Crippen LogP contribution in [0, 0.1) is 23.2 Å². The van der Waals surface area contributed by atoms with E-state index in [2.05, 4.69) is 6.92 Å². The Bertz CT molecular complexity index is 263. The van der Waals surface area contributed by atoms with Crippen molar-refractivity contribution < 1.29 is 0 Å². The summed E-state index contributed by atoms with van der Waals surface area (Å²) in [6.07, 6.45) is 24.8. The average Bonchev–Trinajstić information content (AvgIpc) is 2.52. The van der Waals surface area contributed by atoms with Gasteiger partial charge >= 0.3 is 0 Å². The first kappa shape index (κ1) is 15.9. The largest absolute Gasteiger partial charge is 0.0625 e. The molecule has 0 aliphatic heterocycles. The van der Waals surface area contributed by atoms with Gasteiger partial charge in [0, 0.05) is 0 Å². The zero-order valence-electron chi connectivity index (χ0n) is 14.5. The van der Waals surface area contributed by atoms with Crippen LogP contribution in [-0.4, -0.2) is 0 Å². The zero-order valence-corrected chi connectivity index (χ0v) is 14.5. The smallest absolute Gasteiger partial charge is 0.0292 e. The first-order valence-corrected chi connectivity index (χ1v) is 10.3. The molecule has 0 saturated heterocycles. The summed E-state index contributed by atoms with van der Waals surface area (Å²) in [5, 5.41) is 0. The molecule has 3 fully saturated rings. The van der Waals surface area contributed by atoms with Crippen molar-refractivity contribution in [1.29, 1.82) is 0 Å². The minimum atomic E-state index is 0.774. The van der Waals surface area contributed by atoms with Crippen LogP contribution in [0.3, 0.4) is 0 Å². The van der Waals surface area contributed by atoms with Crippen LogP contribution < -0.4 is 0 Å². The lowest BCUT2D eigenvalue weighted by atomic mass is 9.60. The Labute approximate surface area is 133 Å². The molecular weight excluding hydrogens is 252 g/mol. The highest BCUT2D eigenvalue weighted by atomic mass is 14.4. The fourth-order valence-electron chi connectivity index (χ4n) is 5.87. The molecule has 3 saturated carbocycles. The van der Waals surface area contributed by atoms with E-state index in [4.69, 9.17) is 0 Å². The van der Waals surface area contributed by atoms with E-state index in [1.165, 1.54) is 51.4 Å². The Balaban J connectivity index is 1.61.